The first-order chi connectivity index (χ1) is 12.6. The maximum absolute atomic E-state index is 13.4. The summed E-state index contributed by atoms with van der Waals surface area (Å²) in [4.78, 5) is 19.6. The van der Waals surface area contributed by atoms with Gasteiger partial charge < -0.3 is 4.90 Å². The first-order valence-electron chi connectivity index (χ1n) is 7.96. The van der Waals surface area contributed by atoms with E-state index in [1.165, 1.54) is 35.4 Å². The second kappa shape index (κ2) is 8.33. The Morgan fingerprint density at radius 2 is 1.88 bits per heavy atom. The summed E-state index contributed by atoms with van der Waals surface area (Å²) >= 11 is 2.69. The first-order valence-corrected chi connectivity index (χ1v) is 10.0. The summed E-state index contributed by atoms with van der Waals surface area (Å²) in [6.07, 6.45) is 1.79. The molecule has 3 rings (SSSR count). The summed E-state index contributed by atoms with van der Waals surface area (Å²) in [7, 11) is 0. The molecule has 1 heterocycles. The van der Waals surface area contributed by atoms with Crippen LogP contribution in [0.3, 0.4) is 0 Å². The lowest BCUT2D eigenvalue weighted by molar-refractivity contribution is 0.0980. The van der Waals surface area contributed by atoms with E-state index >= 15 is 0 Å². The van der Waals surface area contributed by atoms with Crippen LogP contribution in [0.5, 0.6) is 0 Å². The van der Waals surface area contributed by atoms with Gasteiger partial charge in [-0.25, -0.2) is 9.37 Å². The number of rotatable bonds is 6. The topological polar surface area (TPSA) is 45.2 Å². The van der Waals surface area contributed by atoms with Crippen molar-refractivity contribution in [3.63, 3.8) is 0 Å². The predicted octanol–water partition coefficient (Wildman–Crippen LogP) is 4.94. The molecule has 0 unspecified atom stereocenters. The number of hydrogen-bond acceptors (Lipinski definition) is 5. The van der Waals surface area contributed by atoms with E-state index in [9.17, 15) is 9.18 Å². The number of nitrogens with one attached hydrogen (secondary N) is 1. The van der Waals surface area contributed by atoms with Crippen molar-refractivity contribution in [3.05, 3.63) is 76.5 Å². The van der Waals surface area contributed by atoms with Crippen molar-refractivity contribution in [2.24, 2.45) is 0 Å². The van der Waals surface area contributed by atoms with Gasteiger partial charge in [0.15, 0.2) is 5.13 Å². The minimum Gasteiger partial charge on any atom is -0.313 e. The molecule has 2 aromatic carbocycles. The molecule has 0 spiro atoms. The molecule has 3 aromatic rings. The van der Waals surface area contributed by atoms with Crippen molar-refractivity contribution in [1.29, 1.82) is 0 Å². The van der Waals surface area contributed by atoms with Gasteiger partial charge in [-0.05, 0) is 36.8 Å². The van der Waals surface area contributed by atoms with Crippen molar-refractivity contribution in [2.75, 3.05) is 11.2 Å². The summed E-state index contributed by atoms with van der Waals surface area (Å²) in [6.45, 7) is 2.45. The van der Waals surface area contributed by atoms with E-state index in [2.05, 4.69) is 9.71 Å². The quantitative estimate of drug-likeness (QED) is 0.609. The Kier molecular flexibility index (Phi) is 5.90. The van der Waals surface area contributed by atoms with E-state index in [1.807, 2.05) is 42.2 Å². The number of benzene rings is 2. The van der Waals surface area contributed by atoms with Crippen LogP contribution >= 0.6 is 23.3 Å². The lowest BCUT2D eigenvalue weighted by Crippen LogP contribution is -2.19. The minimum absolute atomic E-state index is 0.212. The number of halogens is 1. The van der Waals surface area contributed by atoms with Gasteiger partial charge in [0.2, 0.25) is 0 Å². The van der Waals surface area contributed by atoms with Crippen LogP contribution in [-0.2, 0) is 6.54 Å². The number of thiazole rings is 1. The van der Waals surface area contributed by atoms with Crippen molar-refractivity contribution < 1.29 is 9.18 Å². The highest BCUT2D eigenvalue weighted by atomic mass is 32.2. The lowest BCUT2D eigenvalue weighted by atomic mass is 10.2. The highest BCUT2D eigenvalue weighted by Gasteiger charge is 2.20. The number of amides is 1. The number of aromatic nitrogens is 1. The molecule has 4 nitrogen and oxygen atoms in total. The molecular formula is C19H18FN3OS2. The zero-order chi connectivity index (χ0) is 18.5. The minimum atomic E-state index is -0.288. The lowest BCUT2D eigenvalue weighted by Gasteiger charge is -2.22. The molecule has 0 aliphatic rings. The number of nitrogens with zero attached hydrogens (tertiary/aromatic N) is 2. The molecule has 7 heteroatoms. The van der Waals surface area contributed by atoms with Gasteiger partial charge in [-0.2, -0.15) is 0 Å². The molecule has 0 radical (unpaired) electrons. The summed E-state index contributed by atoms with van der Waals surface area (Å²) in [5.74, 6) is -0.500. The predicted molar refractivity (Wildman–Crippen MR) is 107 cm³/mol. The summed E-state index contributed by atoms with van der Waals surface area (Å²) < 4.78 is 16.1. The summed E-state index contributed by atoms with van der Waals surface area (Å²) in [5, 5.41) is 0.698. The smallest absolute Gasteiger partial charge is 0.280 e. The Morgan fingerprint density at radius 1 is 1.19 bits per heavy atom. The third-order valence-corrected chi connectivity index (χ3v) is 5.13. The van der Waals surface area contributed by atoms with Gasteiger partial charge in [0.1, 0.15) is 11.5 Å². The second-order valence-corrected chi connectivity index (χ2v) is 7.38. The van der Waals surface area contributed by atoms with Gasteiger partial charge in [0, 0.05) is 16.8 Å². The molecular weight excluding hydrogens is 369 g/mol. The molecule has 0 saturated carbocycles. The average Bonchev–Trinajstić information content (AvgIpc) is 3.03. The summed E-state index contributed by atoms with van der Waals surface area (Å²) in [6, 6.07) is 16.3. The van der Waals surface area contributed by atoms with Crippen LogP contribution in [0.25, 0.3) is 0 Å². The van der Waals surface area contributed by atoms with Crippen LogP contribution in [0, 0.1) is 12.7 Å². The largest absolute Gasteiger partial charge is 0.313 e. The maximum Gasteiger partial charge on any atom is 0.280 e. The van der Waals surface area contributed by atoms with E-state index in [-0.39, 0.29) is 11.7 Å². The number of anilines is 2. The van der Waals surface area contributed by atoms with Crippen molar-refractivity contribution in [2.45, 2.75) is 13.5 Å². The normalized spacial score (nSPS) is 10.6. The molecule has 26 heavy (non-hydrogen) atoms. The fourth-order valence-corrected chi connectivity index (χ4v) is 3.71. The van der Waals surface area contributed by atoms with Crippen LogP contribution in [0.15, 0.2) is 54.6 Å². The van der Waals surface area contributed by atoms with Crippen molar-refractivity contribution in [3.8, 4) is 0 Å². The standard InChI is InChI=1S/C19H18FN3OS2/c1-13-17(18(24)22-25-2)21-19(26-13)23(12-14-6-4-3-5-7-14)16-10-8-15(20)9-11-16/h3-11H,12H2,1-2H3,(H,22,24). The highest BCUT2D eigenvalue weighted by Crippen LogP contribution is 2.33. The first kappa shape index (κ1) is 18.4. The molecule has 0 atom stereocenters. The van der Waals surface area contributed by atoms with Gasteiger partial charge in [0.05, 0.1) is 6.54 Å². The molecule has 1 amide bonds. The molecule has 0 saturated heterocycles. The van der Waals surface area contributed by atoms with Gasteiger partial charge >= 0.3 is 0 Å². The van der Waals surface area contributed by atoms with Crippen LogP contribution in [0.4, 0.5) is 15.2 Å². The summed E-state index contributed by atoms with van der Waals surface area (Å²) in [5.41, 5.74) is 2.33. The third-order valence-electron chi connectivity index (χ3n) is 3.75. The van der Waals surface area contributed by atoms with Crippen LogP contribution < -0.4 is 9.62 Å². The van der Waals surface area contributed by atoms with Gasteiger partial charge in [-0.1, -0.05) is 42.3 Å². The second-order valence-electron chi connectivity index (χ2n) is 5.58. The molecule has 0 fully saturated rings. The number of aryl methyl sites for hydroxylation is 1. The molecule has 0 bridgehead atoms. The van der Waals surface area contributed by atoms with E-state index in [1.54, 1.807) is 18.4 Å². The zero-order valence-electron chi connectivity index (χ0n) is 14.4. The Balaban J connectivity index is 1.99. The van der Waals surface area contributed by atoms with E-state index in [0.717, 1.165) is 16.1 Å². The SMILES string of the molecule is CSNC(=O)c1nc(N(Cc2ccccc2)c2ccc(F)cc2)sc1C. The fraction of sp³-hybridized carbons (Fsp3) is 0.158. The fourth-order valence-electron chi connectivity index (χ4n) is 2.51. The Bertz CT molecular complexity index is 882. The van der Waals surface area contributed by atoms with E-state index in [0.29, 0.717) is 17.4 Å². The van der Waals surface area contributed by atoms with Crippen molar-refractivity contribution >= 4 is 40.0 Å². The van der Waals surface area contributed by atoms with Gasteiger partial charge in [0.25, 0.3) is 5.91 Å². The molecule has 134 valence electrons. The average molecular weight is 388 g/mol. The van der Waals surface area contributed by atoms with E-state index in [4.69, 9.17) is 0 Å². The molecule has 0 aliphatic carbocycles. The monoisotopic (exact) mass is 387 g/mol. The van der Waals surface area contributed by atoms with Crippen molar-refractivity contribution in [1.82, 2.24) is 9.71 Å². The van der Waals surface area contributed by atoms with Crippen LogP contribution in [0.2, 0.25) is 0 Å². The number of carbonyl (C=O) groups is 1. The Morgan fingerprint density at radius 3 is 2.54 bits per heavy atom. The molecule has 0 aliphatic heterocycles. The number of carbonyl (C=O) groups excluding carboxylic acids is 1. The van der Waals surface area contributed by atoms with E-state index < -0.39 is 0 Å². The Hall–Kier alpha value is -2.38. The van der Waals surface area contributed by atoms with Crippen LogP contribution in [0.1, 0.15) is 20.9 Å². The molecule has 1 N–H and O–H groups in total. The van der Waals surface area contributed by atoms with Gasteiger partial charge in [-0.3, -0.25) is 9.52 Å². The van der Waals surface area contributed by atoms with Crippen LogP contribution in [-0.4, -0.2) is 17.1 Å². The van der Waals surface area contributed by atoms with Gasteiger partial charge in [-0.15, -0.1) is 11.3 Å². The number of hydrogen-bond donors (Lipinski definition) is 1. The highest BCUT2D eigenvalue weighted by molar-refractivity contribution is 7.97. The Labute approximate surface area is 160 Å². The molecule has 1 aromatic heterocycles. The maximum atomic E-state index is 13.4. The third kappa shape index (κ3) is 4.23. The zero-order valence-corrected chi connectivity index (χ0v) is 16.0.